The van der Waals surface area contributed by atoms with Crippen molar-refractivity contribution in [3.8, 4) is 6.19 Å². The maximum Gasteiger partial charge on any atom is 0.233 e. The van der Waals surface area contributed by atoms with E-state index in [0.29, 0.717) is 12.8 Å². The standard InChI is InChI=1S/C12H15N3O/c1-15(2)11-6-3-10(4-7-11)5-8-12(16)14-9-13/h3-4,6-7H,5,8H2,1-2H3,(H,14,16). The van der Waals surface area contributed by atoms with Crippen LogP contribution in [0.15, 0.2) is 24.3 Å². The molecule has 0 aliphatic rings. The fourth-order valence-electron chi connectivity index (χ4n) is 1.34. The minimum atomic E-state index is -0.237. The molecule has 1 aromatic rings. The van der Waals surface area contributed by atoms with Crippen LogP contribution in [0.5, 0.6) is 0 Å². The second-order valence-corrected chi connectivity index (χ2v) is 3.72. The summed E-state index contributed by atoms with van der Waals surface area (Å²) in [5.41, 5.74) is 2.23. The molecule has 0 fully saturated rings. The average molecular weight is 217 g/mol. The lowest BCUT2D eigenvalue weighted by Gasteiger charge is -2.12. The quantitative estimate of drug-likeness (QED) is 0.610. The molecule has 1 N–H and O–H groups in total. The van der Waals surface area contributed by atoms with E-state index in [0.717, 1.165) is 11.3 Å². The van der Waals surface area contributed by atoms with E-state index in [1.165, 1.54) is 0 Å². The van der Waals surface area contributed by atoms with Crippen molar-refractivity contribution in [2.45, 2.75) is 12.8 Å². The number of benzene rings is 1. The Labute approximate surface area is 95.5 Å². The predicted molar refractivity (Wildman–Crippen MR) is 62.8 cm³/mol. The largest absolute Gasteiger partial charge is 0.378 e. The zero-order valence-electron chi connectivity index (χ0n) is 9.53. The second-order valence-electron chi connectivity index (χ2n) is 3.72. The number of nitrogens with zero attached hydrogens (tertiary/aromatic N) is 2. The van der Waals surface area contributed by atoms with Gasteiger partial charge in [0, 0.05) is 26.2 Å². The first-order chi connectivity index (χ1) is 7.63. The zero-order chi connectivity index (χ0) is 12.0. The van der Waals surface area contributed by atoms with Crippen molar-refractivity contribution in [2.24, 2.45) is 0 Å². The van der Waals surface area contributed by atoms with Gasteiger partial charge in [-0.2, -0.15) is 5.26 Å². The van der Waals surface area contributed by atoms with E-state index >= 15 is 0 Å². The molecule has 0 aliphatic heterocycles. The molecule has 0 atom stereocenters. The van der Waals surface area contributed by atoms with Gasteiger partial charge in [0.15, 0.2) is 6.19 Å². The lowest BCUT2D eigenvalue weighted by Crippen LogP contribution is -2.17. The third-order valence-electron chi connectivity index (χ3n) is 2.29. The van der Waals surface area contributed by atoms with Crippen LogP contribution in [0.25, 0.3) is 0 Å². The van der Waals surface area contributed by atoms with E-state index in [-0.39, 0.29) is 5.91 Å². The van der Waals surface area contributed by atoms with Crippen molar-refractivity contribution in [2.75, 3.05) is 19.0 Å². The average Bonchev–Trinajstić information content (AvgIpc) is 2.27. The van der Waals surface area contributed by atoms with Crippen molar-refractivity contribution in [1.82, 2.24) is 5.32 Å². The lowest BCUT2D eigenvalue weighted by molar-refractivity contribution is -0.119. The molecule has 0 aromatic heterocycles. The van der Waals surface area contributed by atoms with Crippen LogP contribution in [0.1, 0.15) is 12.0 Å². The number of rotatable bonds is 4. The number of nitriles is 1. The van der Waals surface area contributed by atoms with Crippen LogP contribution in [0, 0.1) is 11.5 Å². The van der Waals surface area contributed by atoms with Crippen LogP contribution in [0.2, 0.25) is 0 Å². The molecule has 1 rings (SSSR count). The van der Waals surface area contributed by atoms with E-state index in [4.69, 9.17) is 5.26 Å². The molecule has 16 heavy (non-hydrogen) atoms. The van der Waals surface area contributed by atoms with Crippen molar-refractivity contribution in [3.63, 3.8) is 0 Å². The summed E-state index contributed by atoms with van der Waals surface area (Å²) >= 11 is 0. The summed E-state index contributed by atoms with van der Waals surface area (Å²) in [6.45, 7) is 0. The van der Waals surface area contributed by atoms with Gasteiger partial charge in [0.25, 0.3) is 0 Å². The summed E-state index contributed by atoms with van der Waals surface area (Å²) in [4.78, 5) is 13.1. The highest BCUT2D eigenvalue weighted by Crippen LogP contribution is 2.13. The molecule has 0 aliphatic carbocycles. The van der Waals surface area contributed by atoms with Gasteiger partial charge in [-0.1, -0.05) is 12.1 Å². The molecule has 0 saturated heterocycles. The van der Waals surface area contributed by atoms with E-state index < -0.39 is 0 Å². The highest BCUT2D eigenvalue weighted by molar-refractivity contribution is 5.77. The zero-order valence-corrected chi connectivity index (χ0v) is 9.53. The van der Waals surface area contributed by atoms with Crippen LogP contribution in [0.3, 0.4) is 0 Å². The lowest BCUT2D eigenvalue weighted by atomic mass is 10.1. The number of nitrogens with one attached hydrogen (secondary N) is 1. The normalized spacial score (nSPS) is 9.31. The molecule has 0 bridgehead atoms. The monoisotopic (exact) mass is 217 g/mol. The maximum atomic E-state index is 11.0. The first-order valence-electron chi connectivity index (χ1n) is 5.07. The van der Waals surface area contributed by atoms with Crippen LogP contribution >= 0.6 is 0 Å². The molecule has 4 heteroatoms. The molecule has 4 nitrogen and oxygen atoms in total. The Kier molecular flexibility index (Phi) is 4.34. The maximum absolute atomic E-state index is 11.0. The summed E-state index contributed by atoms with van der Waals surface area (Å²) in [6.07, 6.45) is 2.62. The molecule has 1 amide bonds. The molecule has 0 unspecified atom stereocenters. The highest BCUT2D eigenvalue weighted by Gasteiger charge is 2.01. The number of amides is 1. The SMILES string of the molecule is CN(C)c1ccc(CCC(=O)NC#N)cc1. The van der Waals surface area contributed by atoms with Gasteiger partial charge in [0.1, 0.15) is 0 Å². The summed E-state index contributed by atoms with van der Waals surface area (Å²) in [7, 11) is 3.96. The fourth-order valence-corrected chi connectivity index (χ4v) is 1.34. The van der Waals surface area contributed by atoms with Gasteiger partial charge in [-0.25, -0.2) is 0 Å². The molecular formula is C12H15N3O. The Hall–Kier alpha value is -2.02. The van der Waals surface area contributed by atoms with Crippen molar-refractivity contribution >= 4 is 11.6 Å². The molecule has 0 radical (unpaired) electrons. The number of carbonyl (C=O) groups excluding carboxylic acids is 1. The number of hydrogen-bond acceptors (Lipinski definition) is 3. The van der Waals surface area contributed by atoms with Gasteiger partial charge in [-0.05, 0) is 24.1 Å². The predicted octanol–water partition coefficient (Wildman–Crippen LogP) is 1.28. The highest BCUT2D eigenvalue weighted by atomic mass is 16.1. The van der Waals surface area contributed by atoms with Crippen LogP contribution in [-0.4, -0.2) is 20.0 Å². The van der Waals surface area contributed by atoms with E-state index in [1.54, 1.807) is 6.19 Å². The van der Waals surface area contributed by atoms with Gasteiger partial charge in [-0.15, -0.1) is 0 Å². The molecule has 0 spiro atoms. The van der Waals surface area contributed by atoms with E-state index in [2.05, 4.69) is 5.32 Å². The van der Waals surface area contributed by atoms with Gasteiger partial charge >= 0.3 is 0 Å². The van der Waals surface area contributed by atoms with Gasteiger partial charge in [0.2, 0.25) is 5.91 Å². The molecule has 0 saturated carbocycles. The Balaban J connectivity index is 2.50. The van der Waals surface area contributed by atoms with Crippen LogP contribution in [0.4, 0.5) is 5.69 Å². The van der Waals surface area contributed by atoms with Crippen molar-refractivity contribution in [1.29, 1.82) is 5.26 Å². The van der Waals surface area contributed by atoms with Crippen LogP contribution in [-0.2, 0) is 11.2 Å². The van der Waals surface area contributed by atoms with Gasteiger partial charge < -0.3 is 4.90 Å². The Morgan fingerprint density at radius 2 is 2.00 bits per heavy atom. The number of carbonyl (C=O) groups is 1. The van der Waals surface area contributed by atoms with Crippen LogP contribution < -0.4 is 10.2 Å². The third kappa shape index (κ3) is 3.62. The minimum absolute atomic E-state index is 0.237. The number of aryl methyl sites for hydroxylation is 1. The fraction of sp³-hybridized carbons (Fsp3) is 0.333. The minimum Gasteiger partial charge on any atom is -0.378 e. The molecule has 0 heterocycles. The van der Waals surface area contributed by atoms with Crippen molar-refractivity contribution < 1.29 is 4.79 Å². The van der Waals surface area contributed by atoms with Gasteiger partial charge in [-0.3, -0.25) is 10.1 Å². The third-order valence-corrected chi connectivity index (χ3v) is 2.29. The summed E-state index contributed by atoms with van der Waals surface area (Å²) in [6, 6.07) is 8.01. The smallest absolute Gasteiger partial charge is 0.233 e. The Bertz CT molecular complexity index is 390. The van der Waals surface area contributed by atoms with E-state index in [1.807, 2.05) is 43.3 Å². The molecular weight excluding hydrogens is 202 g/mol. The first-order valence-corrected chi connectivity index (χ1v) is 5.07. The Morgan fingerprint density at radius 3 is 2.50 bits per heavy atom. The summed E-state index contributed by atoms with van der Waals surface area (Å²) in [5.74, 6) is -0.237. The van der Waals surface area contributed by atoms with Gasteiger partial charge in [0.05, 0.1) is 0 Å². The first kappa shape index (κ1) is 12.1. The number of hydrogen-bond donors (Lipinski definition) is 1. The second kappa shape index (κ2) is 5.76. The Morgan fingerprint density at radius 1 is 1.38 bits per heavy atom. The molecule has 1 aromatic carbocycles. The summed E-state index contributed by atoms with van der Waals surface area (Å²) in [5, 5.41) is 10.3. The molecule has 84 valence electrons. The van der Waals surface area contributed by atoms with E-state index in [9.17, 15) is 4.79 Å². The number of anilines is 1. The van der Waals surface area contributed by atoms with Crippen molar-refractivity contribution in [3.05, 3.63) is 29.8 Å². The summed E-state index contributed by atoms with van der Waals surface area (Å²) < 4.78 is 0. The topological polar surface area (TPSA) is 56.1 Å².